The van der Waals surface area contributed by atoms with E-state index in [1.165, 1.54) is 0 Å². The fourth-order valence-corrected chi connectivity index (χ4v) is 6.27. The number of benzene rings is 2. The molecular weight excluding hydrogens is 342 g/mol. The predicted molar refractivity (Wildman–Crippen MR) is 98.1 cm³/mol. The van der Waals surface area contributed by atoms with Crippen LogP contribution in [0.2, 0.25) is 0 Å². The van der Waals surface area contributed by atoms with E-state index in [0.29, 0.717) is 0 Å². The van der Waals surface area contributed by atoms with Gasteiger partial charge in [0.1, 0.15) is 5.75 Å². The Hall–Kier alpha value is -2.37. The number of aliphatic hydroxyl groups is 1. The molecular formula is C22H21NO4. The highest BCUT2D eigenvalue weighted by molar-refractivity contribution is 6.00. The number of hydrogen-bond donors (Lipinski definition) is 1. The maximum absolute atomic E-state index is 13.6. The van der Waals surface area contributed by atoms with Gasteiger partial charge in [0.05, 0.1) is 25.2 Å². The van der Waals surface area contributed by atoms with E-state index >= 15 is 0 Å². The molecule has 2 aliphatic carbocycles. The van der Waals surface area contributed by atoms with Crippen molar-refractivity contribution in [1.29, 1.82) is 0 Å². The molecule has 1 amide bonds. The molecule has 7 unspecified atom stereocenters. The van der Waals surface area contributed by atoms with Crippen LogP contribution in [0.5, 0.6) is 5.75 Å². The van der Waals surface area contributed by atoms with Crippen LogP contribution in [0.1, 0.15) is 12.0 Å². The third-order valence-corrected chi connectivity index (χ3v) is 7.17. The molecule has 2 aromatic rings. The molecule has 5 heteroatoms. The van der Waals surface area contributed by atoms with Gasteiger partial charge in [0.25, 0.3) is 0 Å². The van der Waals surface area contributed by atoms with Crippen molar-refractivity contribution in [2.24, 2.45) is 23.7 Å². The molecule has 0 aromatic heterocycles. The van der Waals surface area contributed by atoms with Gasteiger partial charge in [-0.1, -0.05) is 30.3 Å². The quantitative estimate of drug-likeness (QED) is 0.911. The van der Waals surface area contributed by atoms with Gasteiger partial charge in [0.2, 0.25) is 5.91 Å². The van der Waals surface area contributed by atoms with Gasteiger partial charge in [-0.3, -0.25) is 9.69 Å². The lowest BCUT2D eigenvalue weighted by molar-refractivity contribution is -0.133. The maximum Gasteiger partial charge on any atom is 0.233 e. The zero-order valence-electron chi connectivity index (χ0n) is 15.0. The molecule has 2 bridgehead atoms. The monoisotopic (exact) mass is 363 g/mol. The lowest BCUT2D eigenvalue weighted by Crippen LogP contribution is -2.49. The first kappa shape index (κ1) is 15.7. The highest BCUT2D eigenvalue weighted by Gasteiger charge is 2.79. The SMILES string of the molecule is COc1ccc(N2C(=O)C3C4CC5C(OC2(c2ccccc2)C53)C4O)cc1. The largest absolute Gasteiger partial charge is 0.497 e. The fourth-order valence-electron chi connectivity index (χ4n) is 6.27. The topological polar surface area (TPSA) is 59.0 Å². The zero-order chi connectivity index (χ0) is 18.3. The number of hydrogen-bond acceptors (Lipinski definition) is 4. The first-order valence-corrected chi connectivity index (χ1v) is 9.56. The molecule has 2 aliphatic heterocycles. The van der Waals surface area contributed by atoms with Crippen LogP contribution in [-0.2, 0) is 15.3 Å². The van der Waals surface area contributed by atoms with E-state index in [-0.39, 0.29) is 35.7 Å². The van der Waals surface area contributed by atoms with Crippen molar-refractivity contribution < 1.29 is 19.4 Å². The Balaban J connectivity index is 1.57. The Bertz CT molecular complexity index is 914. The molecule has 2 saturated carbocycles. The van der Waals surface area contributed by atoms with Crippen LogP contribution >= 0.6 is 0 Å². The van der Waals surface area contributed by atoms with Crippen LogP contribution in [0.25, 0.3) is 0 Å². The molecule has 5 nitrogen and oxygen atoms in total. The Labute approximate surface area is 157 Å². The molecule has 2 heterocycles. The van der Waals surface area contributed by atoms with Crippen LogP contribution in [-0.4, -0.2) is 30.3 Å². The summed E-state index contributed by atoms with van der Waals surface area (Å²) in [6.45, 7) is 0. The number of aliphatic hydroxyl groups excluding tert-OH is 1. The van der Waals surface area contributed by atoms with Gasteiger partial charge in [0, 0.05) is 17.2 Å². The van der Waals surface area contributed by atoms with Crippen LogP contribution in [0.15, 0.2) is 54.6 Å². The van der Waals surface area contributed by atoms with E-state index < -0.39 is 11.8 Å². The average molecular weight is 363 g/mol. The lowest BCUT2D eigenvalue weighted by atomic mass is 9.75. The van der Waals surface area contributed by atoms with Gasteiger partial charge in [-0.25, -0.2) is 0 Å². The number of rotatable bonds is 3. The van der Waals surface area contributed by atoms with Crippen molar-refractivity contribution in [3.05, 3.63) is 60.2 Å². The summed E-state index contributed by atoms with van der Waals surface area (Å²) < 4.78 is 11.9. The van der Waals surface area contributed by atoms with Gasteiger partial charge in [-0.05, 0) is 42.5 Å². The smallest absolute Gasteiger partial charge is 0.233 e. The molecule has 6 rings (SSSR count). The second-order valence-corrected chi connectivity index (χ2v) is 8.12. The summed E-state index contributed by atoms with van der Waals surface area (Å²) in [4.78, 5) is 15.4. The third-order valence-electron chi connectivity index (χ3n) is 7.17. The second-order valence-electron chi connectivity index (χ2n) is 8.12. The lowest BCUT2D eigenvalue weighted by Gasteiger charge is -2.39. The molecule has 2 saturated heterocycles. The minimum atomic E-state index is -0.834. The van der Waals surface area contributed by atoms with Crippen molar-refractivity contribution in [3.8, 4) is 5.75 Å². The molecule has 7 atom stereocenters. The van der Waals surface area contributed by atoms with E-state index in [1.807, 2.05) is 59.5 Å². The standard InChI is InChI=1S/C22H21NO4/c1-26-14-9-7-13(8-10-14)23-21(25)17-15-11-16-18(17)22(23,27-20(16)19(15)24)12-5-3-2-4-6-12/h2-10,15-20,24H,11H2,1H3. The Kier molecular flexibility index (Phi) is 2.97. The Morgan fingerprint density at radius 2 is 1.85 bits per heavy atom. The van der Waals surface area contributed by atoms with Crippen molar-refractivity contribution in [2.75, 3.05) is 12.0 Å². The van der Waals surface area contributed by atoms with E-state index in [2.05, 4.69) is 0 Å². The summed E-state index contributed by atoms with van der Waals surface area (Å²) in [6.07, 6.45) is 0.159. The predicted octanol–water partition coefficient (Wildman–Crippen LogP) is 2.54. The first-order valence-electron chi connectivity index (χ1n) is 9.56. The number of ether oxygens (including phenoxy) is 2. The minimum Gasteiger partial charge on any atom is -0.497 e. The number of methoxy groups -OCH3 is 1. The summed E-state index contributed by atoms with van der Waals surface area (Å²) in [7, 11) is 1.63. The number of amides is 1. The van der Waals surface area contributed by atoms with E-state index in [0.717, 1.165) is 23.4 Å². The summed E-state index contributed by atoms with van der Waals surface area (Å²) in [5.74, 6) is 0.981. The molecule has 27 heavy (non-hydrogen) atoms. The number of carbonyl (C=O) groups is 1. The van der Waals surface area contributed by atoms with Gasteiger partial charge in [-0.2, -0.15) is 0 Å². The number of anilines is 1. The van der Waals surface area contributed by atoms with E-state index in [9.17, 15) is 9.90 Å². The van der Waals surface area contributed by atoms with Crippen LogP contribution in [0.3, 0.4) is 0 Å². The van der Waals surface area contributed by atoms with Crippen LogP contribution in [0.4, 0.5) is 5.69 Å². The van der Waals surface area contributed by atoms with Crippen molar-refractivity contribution >= 4 is 11.6 Å². The molecule has 0 radical (unpaired) electrons. The summed E-state index contributed by atoms with van der Waals surface area (Å²) in [5.41, 5.74) is 0.969. The number of nitrogens with zero attached hydrogens (tertiary/aromatic N) is 1. The highest BCUT2D eigenvalue weighted by Crippen LogP contribution is 2.70. The van der Waals surface area contributed by atoms with E-state index in [4.69, 9.17) is 9.47 Å². The van der Waals surface area contributed by atoms with Crippen molar-refractivity contribution in [2.45, 2.75) is 24.4 Å². The third kappa shape index (κ3) is 1.70. The van der Waals surface area contributed by atoms with Crippen LogP contribution < -0.4 is 9.64 Å². The number of carbonyl (C=O) groups excluding carboxylic acids is 1. The molecule has 1 N–H and O–H groups in total. The Morgan fingerprint density at radius 1 is 1.11 bits per heavy atom. The van der Waals surface area contributed by atoms with Crippen molar-refractivity contribution in [1.82, 2.24) is 0 Å². The molecule has 0 spiro atoms. The van der Waals surface area contributed by atoms with Gasteiger partial charge >= 0.3 is 0 Å². The van der Waals surface area contributed by atoms with Gasteiger partial charge in [0.15, 0.2) is 5.72 Å². The zero-order valence-corrected chi connectivity index (χ0v) is 15.0. The molecule has 4 aliphatic rings. The van der Waals surface area contributed by atoms with Crippen molar-refractivity contribution in [3.63, 3.8) is 0 Å². The molecule has 4 fully saturated rings. The number of fused-ring (bicyclic) bond motifs is 2. The summed E-state index contributed by atoms with van der Waals surface area (Å²) in [5, 5.41) is 10.7. The van der Waals surface area contributed by atoms with Crippen LogP contribution in [0, 0.1) is 23.7 Å². The fraction of sp³-hybridized carbons (Fsp3) is 0.409. The van der Waals surface area contributed by atoms with Gasteiger partial charge < -0.3 is 14.6 Å². The molecule has 2 aromatic carbocycles. The van der Waals surface area contributed by atoms with Gasteiger partial charge in [-0.15, -0.1) is 0 Å². The first-order chi connectivity index (χ1) is 13.2. The van der Waals surface area contributed by atoms with E-state index in [1.54, 1.807) is 7.11 Å². The Morgan fingerprint density at radius 3 is 2.56 bits per heavy atom. The minimum absolute atomic E-state index is 0.00587. The maximum atomic E-state index is 13.6. The summed E-state index contributed by atoms with van der Waals surface area (Å²) >= 11 is 0. The second kappa shape index (κ2) is 5.12. The average Bonchev–Trinajstić information content (AvgIpc) is 3.38. The normalized spacial score (nSPS) is 40.8. The summed E-state index contributed by atoms with van der Waals surface area (Å²) in [6, 6.07) is 17.6. The highest BCUT2D eigenvalue weighted by atomic mass is 16.6. The molecule has 138 valence electrons.